The summed E-state index contributed by atoms with van der Waals surface area (Å²) in [4.78, 5) is 25.5. The second-order valence-corrected chi connectivity index (χ2v) is 9.81. The van der Waals surface area contributed by atoms with Gasteiger partial charge in [-0.2, -0.15) is 0 Å². The first-order chi connectivity index (χ1) is 14.4. The monoisotopic (exact) mass is 436 g/mol. The molecule has 0 aromatic heterocycles. The maximum atomic E-state index is 12.8. The summed E-state index contributed by atoms with van der Waals surface area (Å²) >= 11 is 0. The molecule has 31 heavy (non-hydrogen) atoms. The van der Waals surface area contributed by atoms with Gasteiger partial charge in [0, 0.05) is 17.9 Å². The molecule has 1 aliphatic carbocycles. The first kappa shape index (κ1) is 25.6. The summed E-state index contributed by atoms with van der Waals surface area (Å²) in [5, 5.41) is 9.88. The predicted molar refractivity (Wildman–Crippen MR) is 119 cm³/mol. The van der Waals surface area contributed by atoms with Gasteiger partial charge >= 0.3 is 11.9 Å². The molecule has 6 nitrogen and oxygen atoms in total. The summed E-state index contributed by atoms with van der Waals surface area (Å²) in [6.07, 6.45) is 4.10. The Morgan fingerprint density at radius 3 is 2.45 bits per heavy atom. The van der Waals surface area contributed by atoms with Crippen LogP contribution >= 0.6 is 0 Å². The average Bonchev–Trinajstić information content (AvgIpc) is 3.35. The minimum absolute atomic E-state index is 0.0732. The zero-order valence-electron chi connectivity index (χ0n) is 20.3. The molecule has 0 spiro atoms. The van der Waals surface area contributed by atoms with Crippen LogP contribution < -0.4 is 0 Å². The van der Waals surface area contributed by atoms with Gasteiger partial charge in [-0.1, -0.05) is 31.6 Å². The normalized spacial score (nSPS) is 35.3. The van der Waals surface area contributed by atoms with Crippen LogP contribution in [-0.4, -0.2) is 47.1 Å². The zero-order chi connectivity index (χ0) is 23.5. The summed E-state index contributed by atoms with van der Waals surface area (Å²) < 4.78 is 18.1. The Morgan fingerprint density at radius 1 is 1.26 bits per heavy atom. The summed E-state index contributed by atoms with van der Waals surface area (Å²) in [5.41, 5.74) is 1.31. The SMILES string of the molecule is C/C=C(\C)C(=O)O[C@H]1C/C(C)=C\CC[C@@]2(C)O[C@@H]2[C@@H](OC(=O)[C@@H](C)[C@@H](C)O)[C@H]1C(C)C. The van der Waals surface area contributed by atoms with Gasteiger partial charge in [0.1, 0.15) is 18.3 Å². The number of esters is 2. The van der Waals surface area contributed by atoms with E-state index < -0.39 is 30.2 Å². The lowest BCUT2D eigenvalue weighted by Gasteiger charge is -2.36. The predicted octanol–water partition coefficient (Wildman–Crippen LogP) is 4.35. The Bertz CT molecular complexity index is 722. The highest BCUT2D eigenvalue weighted by Crippen LogP contribution is 2.48. The van der Waals surface area contributed by atoms with Crippen LogP contribution in [0, 0.1) is 17.8 Å². The number of carbonyl (C=O) groups excluding carboxylic acids is 2. The van der Waals surface area contributed by atoms with E-state index in [0.29, 0.717) is 12.0 Å². The third-order valence-electron chi connectivity index (χ3n) is 6.84. The summed E-state index contributed by atoms with van der Waals surface area (Å²) in [6.45, 7) is 15.0. The average molecular weight is 437 g/mol. The van der Waals surface area contributed by atoms with E-state index in [1.165, 1.54) is 0 Å². The van der Waals surface area contributed by atoms with Crippen molar-refractivity contribution in [1.29, 1.82) is 0 Å². The smallest absolute Gasteiger partial charge is 0.333 e. The first-order valence-corrected chi connectivity index (χ1v) is 11.5. The van der Waals surface area contributed by atoms with Crippen molar-refractivity contribution in [2.75, 3.05) is 0 Å². The van der Waals surface area contributed by atoms with Gasteiger partial charge in [0.15, 0.2) is 0 Å². The van der Waals surface area contributed by atoms with Gasteiger partial charge in [0.2, 0.25) is 0 Å². The van der Waals surface area contributed by atoms with Crippen LogP contribution in [0.15, 0.2) is 23.3 Å². The molecule has 0 radical (unpaired) electrons. The highest BCUT2D eigenvalue weighted by atomic mass is 16.6. The van der Waals surface area contributed by atoms with Crippen molar-refractivity contribution in [2.24, 2.45) is 17.8 Å². The molecular formula is C25H40O6. The summed E-state index contributed by atoms with van der Waals surface area (Å²) in [5.74, 6) is -1.63. The molecule has 176 valence electrons. The van der Waals surface area contributed by atoms with E-state index in [4.69, 9.17) is 14.2 Å². The van der Waals surface area contributed by atoms with Crippen LogP contribution in [0.5, 0.6) is 0 Å². The molecular weight excluding hydrogens is 396 g/mol. The van der Waals surface area contributed by atoms with Crippen molar-refractivity contribution in [3.05, 3.63) is 23.3 Å². The summed E-state index contributed by atoms with van der Waals surface area (Å²) in [6, 6.07) is 0. The van der Waals surface area contributed by atoms with Crippen LogP contribution in [-0.2, 0) is 23.8 Å². The largest absolute Gasteiger partial charge is 0.459 e. The van der Waals surface area contributed by atoms with Gasteiger partial charge in [-0.05, 0) is 60.3 Å². The van der Waals surface area contributed by atoms with Crippen molar-refractivity contribution in [3.63, 3.8) is 0 Å². The van der Waals surface area contributed by atoms with Gasteiger partial charge in [0.25, 0.3) is 0 Å². The molecule has 1 heterocycles. The zero-order valence-corrected chi connectivity index (χ0v) is 20.3. The second-order valence-electron chi connectivity index (χ2n) is 9.81. The molecule has 0 aromatic rings. The minimum atomic E-state index is -0.813. The number of aliphatic hydroxyl groups excluding tert-OH is 1. The molecule has 0 amide bonds. The number of ether oxygens (including phenoxy) is 3. The molecule has 0 aromatic carbocycles. The highest BCUT2D eigenvalue weighted by Gasteiger charge is 2.60. The lowest BCUT2D eigenvalue weighted by molar-refractivity contribution is -0.169. The van der Waals surface area contributed by atoms with Crippen LogP contribution in [0.1, 0.15) is 74.7 Å². The van der Waals surface area contributed by atoms with E-state index in [2.05, 4.69) is 19.9 Å². The van der Waals surface area contributed by atoms with E-state index >= 15 is 0 Å². The molecule has 2 rings (SSSR count). The summed E-state index contributed by atoms with van der Waals surface area (Å²) in [7, 11) is 0. The van der Waals surface area contributed by atoms with Crippen LogP contribution in [0.2, 0.25) is 0 Å². The number of carbonyl (C=O) groups is 2. The van der Waals surface area contributed by atoms with Crippen molar-refractivity contribution < 1.29 is 28.9 Å². The molecule has 1 aliphatic heterocycles. The Balaban J connectivity index is 2.45. The molecule has 1 N–H and O–H groups in total. The Kier molecular flexibility index (Phi) is 8.51. The van der Waals surface area contributed by atoms with Gasteiger partial charge < -0.3 is 19.3 Å². The molecule has 1 saturated heterocycles. The Morgan fingerprint density at radius 2 is 1.90 bits per heavy atom. The van der Waals surface area contributed by atoms with E-state index in [9.17, 15) is 14.7 Å². The molecule has 2 aliphatic rings. The van der Waals surface area contributed by atoms with Gasteiger partial charge in [-0.25, -0.2) is 4.79 Å². The lowest BCUT2D eigenvalue weighted by Crippen LogP contribution is -2.46. The van der Waals surface area contributed by atoms with Gasteiger partial charge in [-0.3, -0.25) is 4.79 Å². The van der Waals surface area contributed by atoms with E-state index in [1.807, 2.05) is 13.8 Å². The van der Waals surface area contributed by atoms with Crippen molar-refractivity contribution in [2.45, 2.75) is 105 Å². The standard InChI is InChI=1S/C25H40O6/c1-9-16(5)23(27)29-19-13-15(4)11-10-12-25(8)22(31-25)21(20(19)14(2)3)30-24(28)17(6)18(7)26/h9,11,14,17-22,26H,10,12-13H2,1-8H3/b15-11-,16-9+/t17-,18+,19-,20-,21-,22+,25+/m0/s1. The molecule has 0 bridgehead atoms. The maximum absolute atomic E-state index is 12.8. The topological polar surface area (TPSA) is 85.4 Å². The Hall–Kier alpha value is -1.66. The van der Waals surface area contributed by atoms with E-state index in [-0.39, 0.29) is 29.5 Å². The quantitative estimate of drug-likeness (QED) is 0.288. The fourth-order valence-electron chi connectivity index (χ4n) is 4.28. The number of rotatable bonds is 6. The molecule has 6 heteroatoms. The number of allylic oxidation sites excluding steroid dienone is 2. The van der Waals surface area contributed by atoms with E-state index in [1.54, 1.807) is 33.8 Å². The number of hydrogen-bond acceptors (Lipinski definition) is 6. The molecule has 0 unspecified atom stereocenters. The van der Waals surface area contributed by atoms with Crippen LogP contribution in [0.3, 0.4) is 0 Å². The molecule has 7 atom stereocenters. The Labute approximate surface area is 187 Å². The van der Waals surface area contributed by atoms with Crippen molar-refractivity contribution >= 4 is 11.9 Å². The lowest BCUT2D eigenvalue weighted by atomic mass is 9.78. The molecule has 1 fully saturated rings. The third kappa shape index (κ3) is 6.19. The van der Waals surface area contributed by atoms with Gasteiger partial charge in [0.05, 0.1) is 17.6 Å². The van der Waals surface area contributed by atoms with Crippen molar-refractivity contribution in [1.82, 2.24) is 0 Å². The fourth-order valence-corrected chi connectivity index (χ4v) is 4.28. The number of epoxide rings is 1. The number of hydrogen-bond donors (Lipinski definition) is 1. The van der Waals surface area contributed by atoms with Crippen molar-refractivity contribution in [3.8, 4) is 0 Å². The number of aliphatic hydroxyl groups is 1. The first-order valence-electron chi connectivity index (χ1n) is 11.5. The van der Waals surface area contributed by atoms with Crippen LogP contribution in [0.4, 0.5) is 0 Å². The minimum Gasteiger partial charge on any atom is -0.459 e. The van der Waals surface area contributed by atoms with E-state index in [0.717, 1.165) is 18.4 Å². The molecule has 0 saturated carbocycles. The number of fused-ring (bicyclic) bond motifs is 1. The van der Waals surface area contributed by atoms with Gasteiger partial charge in [-0.15, -0.1) is 0 Å². The van der Waals surface area contributed by atoms with Crippen LogP contribution in [0.25, 0.3) is 0 Å². The maximum Gasteiger partial charge on any atom is 0.333 e. The second kappa shape index (κ2) is 10.3. The third-order valence-corrected chi connectivity index (χ3v) is 6.84. The highest BCUT2D eigenvalue weighted by molar-refractivity contribution is 5.87. The fraction of sp³-hybridized carbons (Fsp3) is 0.760.